The van der Waals surface area contributed by atoms with Crippen molar-refractivity contribution in [2.45, 2.75) is 58.5 Å². The second-order valence-electron chi connectivity index (χ2n) is 8.46. The summed E-state index contributed by atoms with van der Waals surface area (Å²) in [5, 5.41) is 10.1. The van der Waals surface area contributed by atoms with Gasteiger partial charge in [-0.25, -0.2) is 4.98 Å². The van der Waals surface area contributed by atoms with Gasteiger partial charge in [0, 0.05) is 36.6 Å². The molecule has 2 aromatic rings. The number of rotatable bonds is 5. The Kier molecular flexibility index (Phi) is 6.60. The number of aliphatic imine (C=N–C) groups is 1. The average molecular weight is 400 g/mol. The van der Waals surface area contributed by atoms with Crippen LogP contribution in [0.4, 0.5) is 5.69 Å². The predicted molar refractivity (Wildman–Crippen MR) is 120 cm³/mol. The van der Waals surface area contributed by atoms with Crippen molar-refractivity contribution < 1.29 is 0 Å². The number of benzene rings is 1. The van der Waals surface area contributed by atoms with Crippen LogP contribution in [0.25, 0.3) is 0 Å². The fraction of sp³-hybridized carbons (Fsp3) is 0.545. The Bertz CT molecular complexity index is 799. The Morgan fingerprint density at radius 1 is 1.29 bits per heavy atom. The van der Waals surface area contributed by atoms with Gasteiger partial charge in [0.2, 0.25) is 0 Å². The van der Waals surface area contributed by atoms with E-state index in [9.17, 15) is 0 Å². The van der Waals surface area contributed by atoms with E-state index in [2.05, 4.69) is 77.9 Å². The first-order chi connectivity index (χ1) is 13.4. The Hall–Kier alpha value is -2.08. The molecule has 6 heteroatoms. The minimum Gasteiger partial charge on any atom is -0.372 e. The lowest BCUT2D eigenvalue weighted by atomic mass is 9.93. The van der Waals surface area contributed by atoms with Gasteiger partial charge in [0.1, 0.15) is 5.01 Å². The van der Waals surface area contributed by atoms with Gasteiger partial charge in [0.05, 0.1) is 18.3 Å². The van der Waals surface area contributed by atoms with Crippen LogP contribution in [-0.4, -0.2) is 31.1 Å². The molecular formula is C22H33N5S. The molecule has 5 nitrogen and oxygen atoms in total. The normalized spacial score (nSPS) is 16.3. The zero-order valence-corrected chi connectivity index (χ0v) is 18.6. The van der Waals surface area contributed by atoms with E-state index in [1.165, 1.54) is 37.2 Å². The van der Waals surface area contributed by atoms with Crippen LogP contribution >= 0.6 is 11.3 Å². The molecule has 1 aliphatic heterocycles. The number of thiazole rings is 1. The van der Waals surface area contributed by atoms with E-state index >= 15 is 0 Å². The van der Waals surface area contributed by atoms with Crippen LogP contribution < -0.4 is 15.5 Å². The second kappa shape index (κ2) is 8.95. The van der Waals surface area contributed by atoms with Gasteiger partial charge in [-0.15, -0.1) is 11.3 Å². The Labute approximate surface area is 173 Å². The summed E-state index contributed by atoms with van der Waals surface area (Å²) in [4.78, 5) is 11.6. The Balaban J connectivity index is 1.58. The number of hydrogen-bond donors (Lipinski definition) is 2. The molecule has 0 bridgehead atoms. The molecule has 1 saturated heterocycles. The minimum atomic E-state index is 0.0869. The van der Waals surface area contributed by atoms with Crippen molar-refractivity contribution in [1.82, 2.24) is 15.6 Å². The number of guanidine groups is 1. The van der Waals surface area contributed by atoms with Crippen molar-refractivity contribution in [2.24, 2.45) is 4.99 Å². The largest absolute Gasteiger partial charge is 0.372 e. The molecule has 2 heterocycles. The van der Waals surface area contributed by atoms with Crippen LogP contribution in [0.3, 0.4) is 0 Å². The number of nitrogens with zero attached hydrogens (tertiary/aromatic N) is 3. The third kappa shape index (κ3) is 5.25. The molecule has 3 rings (SSSR count). The standard InChI is InChI=1S/C22H33N5S/c1-16(17-9-8-10-18(13-17)27-11-6-7-12-27)25-21(23-5)24-14-20-26-19(15-28-20)22(2,3)4/h8-10,13,15-16H,6-7,11-12,14H2,1-5H3,(H2,23,24,25). The van der Waals surface area contributed by atoms with E-state index in [1.54, 1.807) is 11.3 Å². The van der Waals surface area contributed by atoms with Gasteiger partial charge < -0.3 is 15.5 Å². The third-order valence-electron chi connectivity index (χ3n) is 5.15. The van der Waals surface area contributed by atoms with Gasteiger partial charge in [0.25, 0.3) is 0 Å². The fourth-order valence-electron chi connectivity index (χ4n) is 3.35. The average Bonchev–Trinajstić information content (AvgIpc) is 3.36. The maximum Gasteiger partial charge on any atom is 0.191 e. The van der Waals surface area contributed by atoms with E-state index in [4.69, 9.17) is 4.98 Å². The monoisotopic (exact) mass is 399 g/mol. The van der Waals surface area contributed by atoms with Gasteiger partial charge in [-0.1, -0.05) is 32.9 Å². The molecule has 1 aliphatic rings. The molecular weight excluding hydrogens is 366 g/mol. The summed E-state index contributed by atoms with van der Waals surface area (Å²) in [5.74, 6) is 0.798. The van der Waals surface area contributed by atoms with Gasteiger partial charge >= 0.3 is 0 Å². The Morgan fingerprint density at radius 3 is 2.68 bits per heavy atom. The highest BCUT2D eigenvalue weighted by Gasteiger charge is 2.18. The van der Waals surface area contributed by atoms with Gasteiger partial charge in [-0.2, -0.15) is 0 Å². The lowest BCUT2D eigenvalue weighted by Gasteiger charge is -2.22. The van der Waals surface area contributed by atoms with Gasteiger partial charge in [-0.3, -0.25) is 4.99 Å². The van der Waals surface area contributed by atoms with Crippen LogP contribution in [0, 0.1) is 0 Å². The van der Waals surface area contributed by atoms with E-state index in [-0.39, 0.29) is 11.5 Å². The highest BCUT2D eigenvalue weighted by atomic mass is 32.1. The summed E-state index contributed by atoms with van der Waals surface area (Å²) < 4.78 is 0. The van der Waals surface area contributed by atoms with E-state index in [0.717, 1.165) is 16.7 Å². The fourth-order valence-corrected chi connectivity index (χ4v) is 4.31. The number of anilines is 1. The third-order valence-corrected chi connectivity index (χ3v) is 5.99. The maximum absolute atomic E-state index is 4.75. The van der Waals surface area contributed by atoms with Crippen molar-refractivity contribution in [2.75, 3.05) is 25.0 Å². The minimum absolute atomic E-state index is 0.0869. The molecule has 1 fully saturated rings. The van der Waals surface area contributed by atoms with Gasteiger partial charge in [0.15, 0.2) is 5.96 Å². The molecule has 0 aliphatic carbocycles. The molecule has 0 radical (unpaired) electrons. The molecule has 0 spiro atoms. The molecule has 1 aromatic carbocycles. The maximum atomic E-state index is 4.75. The number of hydrogen-bond acceptors (Lipinski definition) is 4. The molecule has 152 valence electrons. The topological polar surface area (TPSA) is 52.6 Å². The predicted octanol–water partition coefficient (Wildman–Crippen LogP) is 4.47. The first-order valence-electron chi connectivity index (χ1n) is 10.1. The summed E-state index contributed by atoms with van der Waals surface area (Å²) in [6.07, 6.45) is 2.59. The molecule has 0 amide bonds. The van der Waals surface area contributed by atoms with Crippen molar-refractivity contribution in [3.8, 4) is 0 Å². The van der Waals surface area contributed by atoms with Crippen LogP contribution in [0.2, 0.25) is 0 Å². The van der Waals surface area contributed by atoms with Crippen LogP contribution in [0.5, 0.6) is 0 Å². The lowest BCUT2D eigenvalue weighted by molar-refractivity contribution is 0.570. The summed E-state index contributed by atoms with van der Waals surface area (Å²) in [6, 6.07) is 9.02. The highest BCUT2D eigenvalue weighted by molar-refractivity contribution is 7.09. The molecule has 1 atom stereocenters. The van der Waals surface area contributed by atoms with Crippen LogP contribution in [0.15, 0.2) is 34.6 Å². The quantitative estimate of drug-likeness (QED) is 0.575. The van der Waals surface area contributed by atoms with Crippen molar-refractivity contribution in [1.29, 1.82) is 0 Å². The smallest absolute Gasteiger partial charge is 0.191 e. The summed E-state index contributed by atoms with van der Waals surface area (Å²) >= 11 is 1.70. The Morgan fingerprint density at radius 2 is 2.04 bits per heavy atom. The molecule has 28 heavy (non-hydrogen) atoms. The van der Waals surface area contributed by atoms with Gasteiger partial charge in [-0.05, 0) is 37.5 Å². The summed E-state index contributed by atoms with van der Waals surface area (Å²) in [7, 11) is 1.81. The summed E-state index contributed by atoms with van der Waals surface area (Å²) in [5.41, 5.74) is 3.83. The molecule has 0 saturated carbocycles. The first kappa shape index (κ1) is 20.6. The van der Waals surface area contributed by atoms with Crippen molar-refractivity contribution >= 4 is 23.0 Å². The van der Waals surface area contributed by atoms with Crippen LogP contribution in [-0.2, 0) is 12.0 Å². The molecule has 1 aromatic heterocycles. The molecule has 1 unspecified atom stereocenters. The SMILES string of the molecule is CN=C(NCc1nc(C(C)(C)C)cs1)NC(C)c1cccc(N2CCCC2)c1. The van der Waals surface area contributed by atoms with E-state index in [0.29, 0.717) is 6.54 Å². The first-order valence-corrected chi connectivity index (χ1v) is 11.0. The van der Waals surface area contributed by atoms with Crippen molar-refractivity contribution in [3.63, 3.8) is 0 Å². The lowest BCUT2D eigenvalue weighted by Crippen LogP contribution is -2.38. The second-order valence-corrected chi connectivity index (χ2v) is 9.40. The van der Waals surface area contributed by atoms with Crippen molar-refractivity contribution in [3.05, 3.63) is 45.9 Å². The number of nitrogens with one attached hydrogen (secondary N) is 2. The zero-order valence-electron chi connectivity index (χ0n) is 17.7. The number of aromatic nitrogens is 1. The van der Waals surface area contributed by atoms with Crippen LogP contribution in [0.1, 0.15) is 62.8 Å². The highest BCUT2D eigenvalue weighted by Crippen LogP contribution is 2.25. The summed E-state index contributed by atoms with van der Waals surface area (Å²) in [6.45, 7) is 11.8. The molecule has 2 N–H and O–H groups in total. The van der Waals surface area contributed by atoms with E-state index < -0.39 is 0 Å². The van der Waals surface area contributed by atoms with E-state index in [1.807, 2.05) is 7.05 Å². The zero-order chi connectivity index (χ0) is 20.1.